The van der Waals surface area contributed by atoms with Crippen molar-refractivity contribution in [2.24, 2.45) is 5.92 Å². The summed E-state index contributed by atoms with van der Waals surface area (Å²) in [6, 6.07) is 38.5. The zero-order chi connectivity index (χ0) is 38.8. The second-order valence-corrected chi connectivity index (χ2v) is 16.7. The lowest BCUT2D eigenvalue weighted by Crippen LogP contribution is -2.47. The molecule has 0 spiro atoms. The minimum atomic E-state index is -3.97. The summed E-state index contributed by atoms with van der Waals surface area (Å²) in [5, 5.41) is 21.9. The van der Waals surface area contributed by atoms with Crippen LogP contribution < -0.4 is 10.0 Å². The van der Waals surface area contributed by atoms with Crippen molar-refractivity contribution < 1.29 is 32.9 Å². The van der Waals surface area contributed by atoms with Crippen molar-refractivity contribution in [1.29, 1.82) is 0 Å². The smallest absolute Gasteiger partial charge is 0.241 e. The van der Waals surface area contributed by atoms with Gasteiger partial charge >= 0.3 is 0 Å². The van der Waals surface area contributed by atoms with Crippen LogP contribution in [0.1, 0.15) is 52.7 Å². The van der Waals surface area contributed by atoms with Gasteiger partial charge in [0.15, 0.2) is 6.29 Å². The lowest BCUT2D eigenvalue weighted by molar-refractivity contribution is -0.268. The Kier molecular flexibility index (Phi) is 13.9. The number of sulfonamides is 1. The van der Waals surface area contributed by atoms with Gasteiger partial charge in [0.05, 0.1) is 30.3 Å². The summed E-state index contributed by atoms with van der Waals surface area (Å²) < 4.78 is 42.6. The molecule has 0 aliphatic carbocycles. The normalized spacial score (nSPS) is 19.1. The van der Waals surface area contributed by atoms with Gasteiger partial charge in [-0.15, -0.1) is 0 Å². The molecule has 0 aromatic heterocycles. The van der Waals surface area contributed by atoms with Crippen molar-refractivity contribution >= 4 is 27.7 Å². The molecule has 1 amide bonds. The van der Waals surface area contributed by atoms with Gasteiger partial charge in [0, 0.05) is 29.5 Å². The molecule has 0 saturated carbocycles. The van der Waals surface area contributed by atoms with Gasteiger partial charge in [-0.25, -0.2) is 8.42 Å². The van der Waals surface area contributed by atoms with E-state index in [-0.39, 0.29) is 49.2 Å². The van der Waals surface area contributed by atoms with E-state index in [1.165, 1.54) is 12.1 Å². The third-order valence-electron chi connectivity index (χ3n) is 9.75. The average molecular weight is 781 g/mol. The highest BCUT2D eigenvalue weighted by atomic mass is 32.2. The van der Waals surface area contributed by atoms with E-state index in [2.05, 4.69) is 23.0 Å². The number of nitrogens with one attached hydrogen (secondary N) is 2. The van der Waals surface area contributed by atoms with Crippen molar-refractivity contribution in [3.05, 3.63) is 161 Å². The predicted molar refractivity (Wildman–Crippen MR) is 217 cm³/mol. The minimum Gasteiger partial charge on any atom is -0.396 e. The molecule has 1 heterocycles. The molecular weight excluding hydrogens is 733 g/mol. The largest absolute Gasteiger partial charge is 0.396 e. The number of ether oxygens (including phenoxy) is 2. The molecule has 0 unspecified atom stereocenters. The predicted octanol–water partition coefficient (Wildman–Crippen LogP) is 6.88. The third kappa shape index (κ3) is 10.7. The van der Waals surface area contributed by atoms with Gasteiger partial charge in [-0.3, -0.25) is 4.79 Å². The van der Waals surface area contributed by atoms with E-state index in [0.717, 1.165) is 44.5 Å². The van der Waals surface area contributed by atoms with Crippen LogP contribution in [0.25, 0.3) is 11.1 Å². The fourth-order valence-corrected chi connectivity index (χ4v) is 8.73. The van der Waals surface area contributed by atoms with Crippen molar-refractivity contribution in [3.8, 4) is 11.1 Å². The van der Waals surface area contributed by atoms with Crippen LogP contribution in [0.15, 0.2) is 132 Å². The Labute approximate surface area is 328 Å². The Morgan fingerprint density at radius 2 is 1.47 bits per heavy atom. The minimum absolute atomic E-state index is 0.0290. The van der Waals surface area contributed by atoms with Gasteiger partial charge in [0.25, 0.3) is 0 Å². The molecule has 5 aromatic carbocycles. The van der Waals surface area contributed by atoms with Crippen LogP contribution in [0, 0.1) is 12.8 Å². The van der Waals surface area contributed by atoms with E-state index in [1.807, 2.05) is 104 Å². The SMILES string of the molecule is Cc1ccc(S(=O)(=O)N[C@H](Cc2ccccc2)C(=O)NCc2cccc(-c3cccc([C@@H]4O[C@H](CSCCO)[C@H](C)[C@H](c5ccc(CO)cc5)O4)c3)c2)cc1. The number of benzene rings is 5. The molecule has 11 heteroatoms. The number of aryl methyl sites for hydroxylation is 1. The van der Waals surface area contributed by atoms with Gasteiger partial charge in [0.2, 0.25) is 15.9 Å². The first kappa shape index (κ1) is 40.3. The lowest BCUT2D eigenvalue weighted by atomic mass is 9.91. The summed E-state index contributed by atoms with van der Waals surface area (Å²) in [5.41, 5.74) is 7.20. The topological polar surface area (TPSA) is 134 Å². The fourth-order valence-electron chi connectivity index (χ4n) is 6.62. The summed E-state index contributed by atoms with van der Waals surface area (Å²) in [6.45, 7) is 4.27. The fraction of sp³-hybridized carbons (Fsp3) is 0.295. The van der Waals surface area contributed by atoms with E-state index < -0.39 is 28.3 Å². The highest BCUT2D eigenvalue weighted by Crippen LogP contribution is 2.43. The number of carbonyl (C=O) groups excluding carboxylic acids is 1. The van der Waals surface area contributed by atoms with Gasteiger partial charge in [-0.05, 0) is 71.0 Å². The highest BCUT2D eigenvalue weighted by Gasteiger charge is 2.38. The first-order valence-corrected chi connectivity index (χ1v) is 21.1. The van der Waals surface area contributed by atoms with E-state index in [0.29, 0.717) is 11.5 Å². The molecular formula is C44H48N2O7S2. The molecule has 0 bridgehead atoms. The second-order valence-electron chi connectivity index (χ2n) is 13.8. The van der Waals surface area contributed by atoms with E-state index in [9.17, 15) is 23.4 Å². The second kappa shape index (κ2) is 19.0. The van der Waals surface area contributed by atoms with Crippen LogP contribution >= 0.6 is 11.8 Å². The summed E-state index contributed by atoms with van der Waals surface area (Å²) in [6.07, 6.45) is -0.815. The molecule has 4 N–H and O–H groups in total. The monoisotopic (exact) mass is 780 g/mol. The number of hydrogen-bond donors (Lipinski definition) is 4. The molecule has 1 aliphatic heterocycles. The molecule has 5 atom stereocenters. The Bertz CT molecular complexity index is 2110. The molecule has 9 nitrogen and oxygen atoms in total. The van der Waals surface area contributed by atoms with Crippen LogP contribution in [-0.4, -0.2) is 54.8 Å². The number of carbonyl (C=O) groups is 1. The summed E-state index contributed by atoms with van der Waals surface area (Å²) >= 11 is 1.65. The average Bonchev–Trinajstić information content (AvgIpc) is 3.21. The summed E-state index contributed by atoms with van der Waals surface area (Å²) in [4.78, 5) is 13.8. The maximum atomic E-state index is 13.7. The molecule has 288 valence electrons. The molecule has 1 saturated heterocycles. The Morgan fingerprint density at radius 3 is 2.18 bits per heavy atom. The molecule has 1 aliphatic rings. The quantitative estimate of drug-likeness (QED) is 0.0798. The summed E-state index contributed by atoms with van der Waals surface area (Å²) in [7, 11) is -3.97. The molecule has 5 aromatic rings. The van der Waals surface area contributed by atoms with Crippen molar-refractivity contribution in [2.45, 2.75) is 62.9 Å². The molecule has 0 radical (unpaired) electrons. The van der Waals surface area contributed by atoms with Gasteiger partial charge < -0.3 is 25.0 Å². The van der Waals surface area contributed by atoms with Crippen LogP contribution in [0.5, 0.6) is 0 Å². The summed E-state index contributed by atoms with van der Waals surface area (Å²) in [5.74, 6) is 0.944. The number of hydrogen-bond acceptors (Lipinski definition) is 8. The standard InChI is InChI=1S/C44H48N2O7S2/c1-30-14-20-39(21-15-30)55(50,51)46-40(25-32-8-4-3-5-9-32)43(49)45-27-34-10-6-11-36(24-34)37-12-7-13-38(26-37)44-52-41(29-54-23-22-47)31(2)42(53-44)35-18-16-33(28-48)17-19-35/h3-21,24,26,31,40-42,44,46-48H,22-23,25,27-29H2,1-2H3,(H,45,49)/t31-,40+,41+,42+,44+/m0/s1. The number of amides is 1. The number of aliphatic hydroxyl groups is 2. The van der Waals surface area contributed by atoms with Gasteiger partial charge in [-0.2, -0.15) is 16.5 Å². The number of aliphatic hydroxyl groups excluding tert-OH is 2. The molecule has 1 fully saturated rings. The Hall–Kier alpha value is -4.33. The van der Waals surface area contributed by atoms with E-state index in [1.54, 1.807) is 23.9 Å². The highest BCUT2D eigenvalue weighted by molar-refractivity contribution is 7.99. The molecule has 55 heavy (non-hydrogen) atoms. The maximum Gasteiger partial charge on any atom is 0.241 e. The van der Waals surface area contributed by atoms with E-state index in [4.69, 9.17) is 9.47 Å². The van der Waals surface area contributed by atoms with Gasteiger partial charge in [0.1, 0.15) is 6.04 Å². The third-order valence-corrected chi connectivity index (χ3v) is 12.3. The van der Waals surface area contributed by atoms with Gasteiger partial charge in [-0.1, -0.05) is 116 Å². The van der Waals surface area contributed by atoms with Crippen LogP contribution in [-0.2, 0) is 43.9 Å². The Balaban J connectivity index is 1.18. The van der Waals surface area contributed by atoms with Crippen LogP contribution in [0.3, 0.4) is 0 Å². The number of rotatable bonds is 16. The number of thioether (sulfide) groups is 1. The first-order chi connectivity index (χ1) is 26.6. The molecule has 6 rings (SSSR count). The van der Waals surface area contributed by atoms with Crippen molar-refractivity contribution in [1.82, 2.24) is 10.0 Å². The van der Waals surface area contributed by atoms with E-state index >= 15 is 0 Å². The van der Waals surface area contributed by atoms with Crippen LogP contribution in [0.4, 0.5) is 0 Å². The maximum absolute atomic E-state index is 13.7. The Morgan fingerprint density at radius 1 is 0.782 bits per heavy atom. The zero-order valence-electron chi connectivity index (χ0n) is 31.0. The first-order valence-electron chi connectivity index (χ1n) is 18.4. The lowest BCUT2D eigenvalue weighted by Gasteiger charge is -2.41. The van der Waals surface area contributed by atoms with Crippen LogP contribution in [0.2, 0.25) is 0 Å². The van der Waals surface area contributed by atoms with Crippen molar-refractivity contribution in [2.75, 3.05) is 18.1 Å². The van der Waals surface area contributed by atoms with Crippen molar-refractivity contribution in [3.63, 3.8) is 0 Å². The zero-order valence-corrected chi connectivity index (χ0v) is 32.6.